The number of carbonyl (C=O) groups is 3. The molecule has 3 amide bonds. The number of amides is 3. The van der Waals surface area contributed by atoms with Crippen LogP contribution in [0.5, 0.6) is 5.75 Å². The molecule has 0 spiro atoms. The highest BCUT2D eigenvalue weighted by atomic mass is 35.5. The van der Waals surface area contributed by atoms with Crippen molar-refractivity contribution in [3.05, 3.63) is 70.9 Å². The Balaban J connectivity index is 0.00000141. The maximum atomic E-state index is 14.6. The molecule has 1 aliphatic heterocycles. The third-order valence-corrected chi connectivity index (χ3v) is 7.33. The molecule has 3 heterocycles. The molecule has 232 valence electrons. The third-order valence-electron chi connectivity index (χ3n) is 6.96. The number of carbonyl (C=O) groups excluding carboxylic acids is 2. The molecule has 5 N–H and O–H groups in total. The summed E-state index contributed by atoms with van der Waals surface area (Å²) in [7, 11) is 1.38. The first-order valence-corrected chi connectivity index (χ1v) is 13.9. The monoisotopic (exact) mass is 626 g/mol. The average molecular weight is 627 g/mol. The Labute approximate surface area is 257 Å². The average Bonchev–Trinajstić information content (AvgIpc) is 3.46. The van der Waals surface area contributed by atoms with Crippen LogP contribution in [0, 0.1) is 12.7 Å². The van der Waals surface area contributed by atoms with E-state index in [1.807, 2.05) is 19.1 Å². The van der Waals surface area contributed by atoms with Crippen LogP contribution in [-0.4, -0.2) is 94.1 Å². The highest BCUT2D eigenvalue weighted by Gasteiger charge is 2.25. The van der Waals surface area contributed by atoms with E-state index in [0.717, 1.165) is 11.3 Å². The summed E-state index contributed by atoms with van der Waals surface area (Å²) in [6.45, 7) is 4.23. The molecule has 0 bridgehead atoms. The van der Waals surface area contributed by atoms with E-state index in [0.29, 0.717) is 67.6 Å². The molecular formula is C29H32ClFN8O5. The zero-order valence-electron chi connectivity index (χ0n) is 24.1. The first kappa shape index (κ1) is 32.0. The van der Waals surface area contributed by atoms with Crippen molar-refractivity contribution in [3.8, 4) is 17.0 Å². The fourth-order valence-corrected chi connectivity index (χ4v) is 5.04. The predicted molar refractivity (Wildman–Crippen MR) is 163 cm³/mol. The molecule has 0 saturated carbocycles. The topological polar surface area (TPSA) is 167 Å². The summed E-state index contributed by atoms with van der Waals surface area (Å²) in [6.07, 6.45) is 4.93. The molecule has 4 aromatic rings. The SMILES string of the molecule is COc1ccc(-c2cnc3c(Nc4ccc(C(=O)N5CCN(C(=O)NCCN)CC5)c(C)c4)nccn23)c(Cl)c1F.O=CO. The molecule has 2 aromatic carbocycles. The minimum Gasteiger partial charge on any atom is -0.494 e. The quantitative estimate of drug-likeness (QED) is 0.225. The van der Waals surface area contributed by atoms with Gasteiger partial charge in [0.2, 0.25) is 0 Å². The number of halogens is 2. The zero-order valence-corrected chi connectivity index (χ0v) is 24.8. The van der Waals surface area contributed by atoms with Crippen LogP contribution in [-0.2, 0) is 4.79 Å². The number of anilines is 2. The summed E-state index contributed by atoms with van der Waals surface area (Å²) in [4.78, 5) is 46.1. The van der Waals surface area contributed by atoms with Crippen LogP contribution in [0.1, 0.15) is 15.9 Å². The normalized spacial score (nSPS) is 12.8. The van der Waals surface area contributed by atoms with Crippen LogP contribution in [0.2, 0.25) is 5.02 Å². The molecule has 44 heavy (non-hydrogen) atoms. The number of carboxylic acid groups (broad SMARTS) is 1. The number of aryl methyl sites for hydroxylation is 1. The Morgan fingerprint density at radius 3 is 2.52 bits per heavy atom. The number of fused-ring (bicyclic) bond motifs is 1. The summed E-state index contributed by atoms with van der Waals surface area (Å²) in [5.74, 6) is -0.194. The number of piperazine rings is 1. The predicted octanol–water partition coefficient (Wildman–Crippen LogP) is 3.38. The number of hydrogen-bond acceptors (Lipinski definition) is 8. The Kier molecular flexibility index (Phi) is 10.5. The highest BCUT2D eigenvalue weighted by Crippen LogP contribution is 2.35. The van der Waals surface area contributed by atoms with Crippen LogP contribution >= 0.6 is 11.6 Å². The Bertz CT molecular complexity index is 1660. The smallest absolute Gasteiger partial charge is 0.317 e. The molecule has 13 nitrogen and oxygen atoms in total. The van der Waals surface area contributed by atoms with Gasteiger partial charge in [-0.15, -0.1) is 0 Å². The molecule has 1 aliphatic rings. The molecule has 0 aliphatic carbocycles. The summed E-state index contributed by atoms with van der Waals surface area (Å²) in [6, 6.07) is 8.48. The molecule has 2 aromatic heterocycles. The van der Waals surface area contributed by atoms with Crippen LogP contribution in [0.25, 0.3) is 16.9 Å². The number of rotatable bonds is 7. The number of benzene rings is 2. The Hall–Kier alpha value is -4.95. The molecule has 0 atom stereocenters. The van der Waals surface area contributed by atoms with E-state index in [2.05, 4.69) is 20.6 Å². The first-order valence-electron chi connectivity index (χ1n) is 13.6. The van der Waals surface area contributed by atoms with Gasteiger partial charge in [-0.1, -0.05) is 11.6 Å². The van der Waals surface area contributed by atoms with E-state index >= 15 is 0 Å². The van der Waals surface area contributed by atoms with Crippen molar-refractivity contribution in [2.24, 2.45) is 5.73 Å². The second kappa shape index (κ2) is 14.5. The lowest BCUT2D eigenvalue weighted by Crippen LogP contribution is -2.53. The van der Waals surface area contributed by atoms with Crippen molar-refractivity contribution in [2.45, 2.75) is 6.92 Å². The third kappa shape index (κ3) is 6.82. The van der Waals surface area contributed by atoms with Gasteiger partial charge in [0.25, 0.3) is 12.4 Å². The molecule has 15 heteroatoms. The van der Waals surface area contributed by atoms with E-state index in [9.17, 15) is 14.0 Å². The fraction of sp³-hybridized carbons (Fsp3) is 0.276. The maximum Gasteiger partial charge on any atom is 0.317 e. The Morgan fingerprint density at radius 2 is 1.86 bits per heavy atom. The molecule has 0 radical (unpaired) electrons. The maximum absolute atomic E-state index is 14.6. The number of urea groups is 1. The van der Waals surface area contributed by atoms with E-state index < -0.39 is 5.82 Å². The number of nitrogens with one attached hydrogen (secondary N) is 2. The first-order chi connectivity index (χ1) is 21.2. The van der Waals surface area contributed by atoms with Gasteiger partial charge in [-0.3, -0.25) is 14.0 Å². The van der Waals surface area contributed by atoms with Gasteiger partial charge >= 0.3 is 6.03 Å². The zero-order chi connectivity index (χ0) is 31.8. The van der Waals surface area contributed by atoms with Crippen molar-refractivity contribution in [1.29, 1.82) is 0 Å². The molecule has 5 rings (SSSR count). The minimum absolute atomic E-state index is 0.0573. The van der Waals surface area contributed by atoms with Crippen molar-refractivity contribution in [2.75, 3.05) is 51.7 Å². The van der Waals surface area contributed by atoms with Gasteiger partial charge in [-0.2, -0.15) is 0 Å². The lowest BCUT2D eigenvalue weighted by Gasteiger charge is -2.35. The van der Waals surface area contributed by atoms with Gasteiger partial charge in [-0.05, 0) is 42.8 Å². The lowest BCUT2D eigenvalue weighted by atomic mass is 10.1. The lowest BCUT2D eigenvalue weighted by molar-refractivity contribution is -0.122. The van der Waals surface area contributed by atoms with Crippen LogP contribution in [0.4, 0.5) is 20.7 Å². The minimum atomic E-state index is -0.644. The second-order valence-corrected chi connectivity index (χ2v) is 9.99. The van der Waals surface area contributed by atoms with Gasteiger partial charge < -0.3 is 36.0 Å². The number of ether oxygens (including phenoxy) is 1. The summed E-state index contributed by atoms with van der Waals surface area (Å²) in [5, 5.41) is 12.9. The molecular weight excluding hydrogens is 595 g/mol. The fourth-order valence-electron chi connectivity index (χ4n) is 4.79. The van der Waals surface area contributed by atoms with Gasteiger partial charge in [0.1, 0.15) is 0 Å². The van der Waals surface area contributed by atoms with Gasteiger partial charge in [0, 0.05) is 68.5 Å². The summed E-state index contributed by atoms with van der Waals surface area (Å²) in [5.41, 5.74) is 9.11. The molecule has 1 fully saturated rings. The van der Waals surface area contributed by atoms with Crippen LogP contribution in [0.3, 0.4) is 0 Å². The largest absolute Gasteiger partial charge is 0.494 e. The standard InChI is InChI=1S/C28H30ClFN8O3.CH2O2/c1-17-15-18(3-4-19(17)27(39)36-11-13-37(14-12-36)28(40)33-8-7-31)35-25-26-34-16-21(38(26)10-9-32-25)20-5-6-22(41-2)24(30)23(20)29;2-1-3/h3-6,9-10,15-16H,7-8,11-14,31H2,1-2H3,(H,32,35)(H,33,40);1H,(H,2,3). The van der Waals surface area contributed by atoms with Crippen molar-refractivity contribution in [3.63, 3.8) is 0 Å². The van der Waals surface area contributed by atoms with E-state index in [-0.39, 0.29) is 29.2 Å². The second-order valence-electron chi connectivity index (χ2n) is 9.62. The molecule has 1 saturated heterocycles. The number of aromatic nitrogens is 3. The molecule has 0 unspecified atom stereocenters. The number of imidazole rings is 1. The summed E-state index contributed by atoms with van der Waals surface area (Å²) < 4.78 is 21.4. The van der Waals surface area contributed by atoms with E-state index in [1.54, 1.807) is 44.9 Å². The van der Waals surface area contributed by atoms with Crippen molar-refractivity contribution in [1.82, 2.24) is 29.5 Å². The van der Waals surface area contributed by atoms with E-state index in [1.165, 1.54) is 13.2 Å². The van der Waals surface area contributed by atoms with Gasteiger partial charge in [0.15, 0.2) is 23.0 Å². The van der Waals surface area contributed by atoms with Crippen LogP contribution in [0.15, 0.2) is 48.9 Å². The Morgan fingerprint density at radius 1 is 1.16 bits per heavy atom. The van der Waals surface area contributed by atoms with Crippen molar-refractivity contribution >= 4 is 47.2 Å². The van der Waals surface area contributed by atoms with Crippen LogP contribution < -0.4 is 21.1 Å². The highest BCUT2D eigenvalue weighted by molar-refractivity contribution is 6.33. The number of methoxy groups -OCH3 is 1. The number of nitrogens with zero attached hydrogens (tertiary/aromatic N) is 5. The van der Waals surface area contributed by atoms with Gasteiger partial charge in [-0.25, -0.2) is 19.2 Å². The van der Waals surface area contributed by atoms with Gasteiger partial charge in [0.05, 0.1) is 24.0 Å². The summed E-state index contributed by atoms with van der Waals surface area (Å²) >= 11 is 6.31. The number of nitrogens with two attached hydrogens (primary N) is 1. The number of hydrogen-bond donors (Lipinski definition) is 4. The van der Waals surface area contributed by atoms with E-state index in [4.69, 9.17) is 32.0 Å². The van der Waals surface area contributed by atoms with Crippen molar-refractivity contribution < 1.29 is 28.6 Å².